The number of pyridine rings is 2. The lowest BCUT2D eigenvalue weighted by atomic mass is 10.0. The van der Waals surface area contributed by atoms with Crippen molar-refractivity contribution in [2.45, 2.75) is 5.66 Å². The Bertz CT molecular complexity index is 867. The van der Waals surface area contributed by atoms with Crippen molar-refractivity contribution in [1.29, 1.82) is 0 Å². The molecule has 0 amide bonds. The van der Waals surface area contributed by atoms with Crippen LogP contribution in [0.3, 0.4) is 0 Å². The summed E-state index contributed by atoms with van der Waals surface area (Å²) in [6.45, 7) is 0. The van der Waals surface area contributed by atoms with E-state index in [1.54, 1.807) is 12.4 Å². The second-order valence-electron chi connectivity index (χ2n) is 5.43. The van der Waals surface area contributed by atoms with Crippen LogP contribution in [0.2, 0.25) is 0 Å². The molecule has 118 valence electrons. The number of hydrogen-bond acceptors (Lipinski definition) is 6. The molecule has 1 unspecified atom stereocenters. The van der Waals surface area contributed by atoms with Gasteiger partial charge in [0.25, 0.3) is 0 Å². The fraction of sp³-hybridized carbons (Fsp3) is 0.0556. The Morgan fingerprint density at radius 3 is 2.46 bits per heavy atom. The lowest BCUT2D eigenvalue weighted by Crippen LogP contribution is -2.40. The van der Waals surface area contributed by atoms with Crippen molar-refractivity contribution in [3.05, 3.63) is 96.0 Å². The van der Waals surface area contributed by atoms with Gasteiger partial charge in [-0.2, -0.15) is 0 Å². The summed E-state index contributed by atoms with van der Waals surface area (Å²) in [5, 5.41) is 6.53. The van der Waals surface area contributed by atoms with Crippen LogP contribution < -0.4 is 16.4 Å². The molecule has 6 heteroatoms. The van der Waals surface area contributed by atoms with Crippen molar-refractivity contribution in [2.75, 3.05) is 0 Å². The fourth-order valence-corrected chi connectivity index (χ4v) is 2.69. The molecule has 24 heavy (non-hydrogen) atoms. The topological polar surface area (TPSA) is 88.2 Å². The third kappa shape index (κ3) is 2.39. The molecule has 0 saturated heterocycles. The molecule has 0 radical (unpaired) electrons. The van der Waals surface area contributed by atoms with Crippen molar-refractivity contribution in [3.63, 3.8) is 0 Å². The summed E-state index contributed by atoms with van der Waals surface area (Å²) in [5.41, 5.74) is 8.56. The second-order valence-corrected chi connectivity index (χ2v) is 5.43. The quantitative estimate of drug-likeness (QED) is 0.782. The van der Waals surface area contributed by atoms with Crippen LogP contribution in [0.1, 0.15) is 11.4 Å². The number of allylic oxidation sites excluding steroid dienone is 3. The molecule has 0 bridgehead atoms. The fourth-order valence-electron chi connectivity index (χ4n) is 2.69. The average Bonchev–Trinajstić information content (AvgIpc) is 3.03. The van der Waals surface area contributed by atoms with Crippen LogP contribution in [0.15, 0.2) is 89.6 Å². The van der Waals surface area contributed by atoms with Gasteiger partial charge in [0, 0.05) is 18.6 Å². The number of nitrogens with one attached hydrogen (secondary N) is 2. The smallest absolute Gasteiger partial charge is 0.196 e. The molecule has 2 aliphatic heterocycles. The zero-order valence-corrected chi connectivity index (χ0v) is 12.8. The van der Waals surface area contributed by atoms with E-state index in [0.29, 0.717) is 11.5 Å². The lowest BCUT2D eigenvalue weighted by Gasteiger charge is -2.24. The predicted octanol–water partition coefficient (Wildman–Crippen LogP) is 1.52. The first-order chi connectivity index (χ1) is 11.8. The average molecular weight is 316 g/mol. The van der Waals surface area contributed by atoms with Crippen LogP contribution in [-0.4, -0.2) is 15.8 Å². The SMILES string of the molecule is NC1(c2ccccn2)N=C(c2ccccn2)N/C1=C1\C=CC=CN1. The van der Waals surface area contributed by atoms with Gasteiger partial charge in [-0.3, -0.25) is 15.7 Å². The number of hydrogen-bond donors (Lipinski definition) is 3. The third-order valence-corrected chi connectivity index (χ3v) is 3.85. The van der Waals surface area contributed by atoms with Crippen molar-refractivity contribution in [1.82, 2.24) is 20.6 Å². The van der Waals surface area contributed by atoms with Crippen LogP contribution in [0.25, 0.3) is 0 Å². The molecule has 1 atom stereocenters. The summed E-state index contributed by atoms with van der Waals surface area (Å²) in [5.74, 6) is 0.621. The Balaban J connectivity index is 1.86. The van der Waals surface area contributed by atoms with Gasteiger partial charge >= 0.3 is 0 Å². The van der Waals surface area contributed by atoms with Crippen LogP contribution in [0.4, 0.5) is 0 Å². The summed E-state index contributed by atoms with van der Waals surface area (Å²) in [6, 6.07) is 11.3. The Morgan fingerprint density at radius 1 is 0.958 bits per heavy atom. The van der Waals surface area contributed by atoms with Crippen molar-refractivity contribution in [2.24, 2.45) is 10.7 Å². The number of dihydropyridines is 1. The summed E-state index contributed by atoms with van der Waals surface area (Å²) >= 11 is 0. The summed E-state index contributed by atoms with van der Waals surface area (Å²) in [4.78, 5) is 13.5. The molecule has 0 spiro atoms. The number of nitrogens with two attached hydrogens (primary N) is 1. The Hall–Kier alpha value is -3.25. The van der Waals surface area contributed by atoms with Gasteiger partial charge in [-0.25, -0.2) is 4.99 Å². The van der Waals surface area contributed by atoms with Gasteiger partial charge in [0.15, 0.2) is 11.5 Å². The standard InChI is InChI=1S/C18H16N6/c19-18(15-9-3-6-12-22-15)16(13-7-1-4-10-20-13)23-17(24-18)14-8-2-5-11-21-14/h1-12,20H,19H2,(H,23,24)/b16-13+. The maximum absolute atomic E-state index is 6.69. The summed E-state index contributed by atoms with van der Waals surface area (Å²) < 4.78 is 0. The van der Waals surface area contributed by atoms with Gasteiger partial charge in [-0.05, 0) is 36.4 Å². The molecule has 0 saturated carbocycles. The molecule has 2 aromatic heterocycles. The third-order valence-electron chi connectivity index (χ3n) is 3.85. The van der Waals surface area contributed by atoms with Crippen LogP contribution in [-0.2, 0) is 5.66 Å². The highest BCUT2D eigenvalue weighted by atomic mass is 15.2. The molecule has 6 nitrogen and oxygen atoms in total. The van der Waals surface area contributed by atoms with Crippen LogP contribution in [0.5, 0.6) is 0 Å². The van der Waals surface area contributed by atoms with E-state index in [0.717, 1.165) is 17.1 Å². The monoisotopic (exact) mass is 316 g/mol. The van der Waals surface area contributed by atoms with Gasteiger partial charge in [-0.1, -0.05) is 18.2 Å². The van der Waals surface area contributed by atoms with E-state index in [4.69, 9.17) is 10.7 Å². The highest BCUT2D eigenvalue weighted by Crippen LogP contribution is 2.32. The van der Waals surface area contributed by atoms with Gasteiger partial charge < -0.3 is 10.6 Å². The Morgan fingerprint density at radius 2 is 1.79 bits per heavy atom. The Labute approximate surface area is 139 Å². The molecular formula is C18H16N6. The number of aliphatic imine (C=N–C) groups is 1. The van der Waals surface area contributed by atoms with E-state index in [1.807, 2.05) is 60.8 Å². The lowest BCUT2D eigenvalue weighted by molar-refractivity contribution is 0.539. The molecule has 2 aromatic rings. The normalized spacial score (nSPS) is 25.1. The number of amidine groups is 1. The molecule has 0 aliphatic carbocycles. The van der Waals surface area contributed by atoms with Gasteiger partial charge in [0.05, 0.1) is 17.1 Å². The molecular weight excluding hydrogens is 300 g/mol. The van der Waals surface area contributed by atoms with E-state index < -0.39 is 5.66 Å². The largest absolute Gasteiger partial charge is 0.360 e. The minimum absolute atomic E-state index is 0.621. The number of rotatable bonds is 2. The molecule has 0 aromatic carbocycles. The van der Waals surface area contributed by atoms with Crippen molar-refractivity contribution in [3.8, 4) is 0 Å². The molecule has 4 N–H and O–H groups in total. The van der Waals surface area contributed by atoms with E-state index in [9.17, 15) is 0 Å². The highest BCUT2D eigenvalue weighted by molar-refractivity contribution is 6.00. The second kappa shape index (κ2) is 5.75. The minimum Gasteiger partial charge on any atom is -0.360 e. The molecule has 4 heterocycles. The molecule has 2 aliphatic rings. The maximum Gasteiger partial charge on any atom is 0.196 e. The van der Waals surface area contributed by atoms with Crippen molar-refractivity contribution < 1.29 is 0 Å². The predicted molar refractivity (Wildman–Crippen MR) is 92.5 cm³/mol. The molecule has 4 rings (SSSR count). The van der Waals surface area contributed by atoms with Gasteiger partial charge in [0.2, 0.25) is 0 Å². The summed E-state index contributed by atoms with van der Waals surface area (Å²) in [7, 11) is 0. The maximum atomic E-state index is 6.69. The molecule has 0 fully saturated rings. The number of nitrogens with zero attached hydrogens (tertiary/aromatic N) is 3. The highest BCUT2D eigenvalue weighted by Gasteiger charge is 2.41. The van der Waals surface area contributed by atoms with Crippen molar-refractivity contribution >= 4 is 5.84 Å². The zero-order valence-electron chi connectivity index (χ0n) is 12.8. The number of aromatic nitrogens is 2. The first-order valence-corrected chi connectivity index (χ1v) is 7.60. The Kier molecular flexibility index (Phi) is 3.44. The van der Waals surface area contributed by atoms with Crippen LogP contribution in [0, 0.1) is 0 Å². The van der Waals surface area contributed by atoms with E-state index >= 15 is 0 Å². The van der Waals surface area contributed by atoms with E-state index in [2.05, 4.69) is 20.6 Å². The van der Waals surface area contributed by atoms with E-state index in [-0.39, 0.29) is 0 Å². The van der Waals surface area contributed by atoms with E-state index in [1.165, 1.54) is 0 Å². The first kappa shape index (κ1) is 14.3. The first-order valence-electron chi connectivity index (χ1n) is 7.60. The van der Waals surface area contributed by atoms with Gasteiger partial charge in [-0.15, -0.1) is 0 Å². The zero-order chi connectivity index (χ0) is 16.4. The summed E-state index contributed by atoms with van der Waals surface area (Å²) in [6.07, 6.45) is 11.1. The minimum atomic E-state index is -1.11. The van der Waals surface area contributed by atoms with Gasteiger partial charge in [0.1, 0.15) is 5.69 Å². The van der Waals surface area contributed by atoms with Crippen LogP contribution >= 0.6 is 0 Å².